The summed E-state index contributed by atoms with van der Waals surface area (Å²) in [4.78, 5) is 35.6. The van der Waals surface area contributed by atoms with Crippen LogP contribution in [-0.2, 0) is 11.2 Å². The fourth-order valence-electron chi connectivity index (χ4n) is 4.27. The van der Waals surface area contributed by atoms with E-state index in [1.54, 1.807) is 30.1 Å². The van der Waals surface area contributed by atoms with E-state index >= 15 is 0 Å². The molecule has 2 heterocycles. The normalized spacial score (nSPS) is 18.1. The van der Waals surface area contributed by atoms with Crippen molar-refractivity contribution in [2.75, 3.05) is 20.1 Å². The number of rotatable bonds is 5. The van der Waals surface area contributed by atoms with Gasteiger partial charge in [0.15, 0.2) is 0 Å². The molecule has 1 aromatic heterocycles. The molecule has 31 heavy (non-hydrogen) atoms. The highest BCUT2D eigenvalue weighted by Crippen LogP contribution is 2.38. The lowest BCUT2D eigenvalue weighted by Crippen LogP contribution is -2.44. The predicted molar refractivity (Wildman–Crippen MR) is 115 cm³/mol. The van der Waals surface area contributed by atoms with Gasteiger partial charge in [-0.1, -0.05) is 42.5 Å². The monoisotopic (exact) mass is 418 g/mol. The van der Waals surface area contributed by atoms with Gasteiger partial charge in [-0.2, -0.15) is 0 Å². The molecule has 2 amide bonds. The number of hydrogen-bond donors (Lipinski definition) is 1. The summed E-state index contributed by atoms with van der Waals surface area (Å²) in [6, 6.07) is 14.1. The number of carbonyl (C=O) groups excluding carboxylic acids is 2. The third-order valence-corrected chi connectivity index (χ3v) is 5.84. The summed E-state index contributed by atoms with van der Waals surface area (Å²) >= 11 is 0. The van der Waals surface area contributed by atoms with Gasteiger partial charge in [-0.05, 0) is 30.0 Å². The number of nitrogens with one attached hydrogen (secondary N) is 1. The average Bonchev–Trinajstić information content (AvgIpc) is 3.24. The van der Waals surface area contributed by atoms with Crippen molar-refractivity contribution in [3.63, 3.8) is 0 Å². The second-order valence-corrected chi connectivity index (χ2v) is 7.74. The van der Waals surface area contributed by atoms with Crippen molar-refractivity contribution in [1.29, 1.82) is 0 Å². The second kappa shape index (κ2) is 8.63. The molecule has 1 fully saturated rings. The zero-order chi connectivity index (χ0) is 21.8. The molecule has 1 aliphatic rings. The van der Waals surface area contributed by atoms with Crippen LogP contribution in [0.5, 0.6) is 0 Å². The molecule has 0 unspecified atom stereocenters. The standard InChI is InChI=1S/C24H23FN4O2/c1-26-23(31)24(10-13-29(16-24)22(30)21-15-27-11-12-28-21)14-17-6-2-3-7-18(17)19-8-4-5-9-20(19)25/h2-9,11-12,15H,10,13-14,16H2,1H3,(H,26,31)/t24-/m0/s1. The number of nitrogens with zero attached hydrogens (tertiary/aromatic N) is 3. The fraction of sp³-hybridized carbons (Fsp3) is 0.250. The molecule has 0 radical (unpaired) electrons. The van der Waals surface area contributed by atoms with Crippen molar-refractivity contribution in [3.05, 3.63) is 84.2 Å². The van der Waals surface area contributed by atoms with Crippen LogP contribution in [0.25, 0.3) is 11.1 Å². The minimum Gasteiger partial charge on any atom is -0.359 e. The first-order valence-corrected chi connectivity index (χ1v) is 10.1. The van der Waals surface area contributed by atoms with E-state index in [0.29, 0.717) is 24.9 Å². The van der Waals surface area contributed by atoms with Crippen LogP contribution in [0.15, 0.2) is 67.1 Å². The van der Waals surface area contributed by atoms with Gasteiger partial charge in [-0.15, -0.1) is 0 Å². The first kappa shape index (κ1) is 20.7. The summed E-state index contributed by atoms with van der Waals surface area (Å²) in [6.45, 7) is 0.693. The van der Waals surface area contributed by atoms with Gasteiger partial charge in [-0.25, -0.2) is 9.37 Å². The van der Waals surface area contributed by atoms with Gasteiger partial charge < -0.3 is 10.2 Å². The van der Waals surface area contributed by atoms with Crippen molar-refractivity contribution >= 4 is 11.8 Å². The highest BCUT2D eigenvalue weighted by Gasteiger charge is 2.46. The Morgan fingerprint density at radius 2 is 1.84 bits per heavy atom. The molecule has 3 aromatic rings. The number of amides is 2. The van der Waals surface area contributed by atoms with E-state index in [-0.39, 0.29) is 29.9 Å². The third-order valence-electron chi connectivity index (χ3n) is 5.84. The molecule has 4 rings (SSSR count). The Hall–Kier alpha value is -3.61. The number of hydrogen-bond acceptors (Lipinski definition) is 4. The molecule has 0 bridgehead atoms. The highest BCUT2D eigenvalue weighted by atomic mass is 19.1. The van der Waals surface area contributed by atoms with E-state index < -0.39 is 5.41 Å². The van der Waals surface area contributed by atoms with Crippen molar-refractivity contribution in [1.82, 2.24) is 20.2 Å². The molecular formula is C24H23FN4O2. The van der Waals surface area contributed by atoms with Crippen LogP contribution in [0.3, 0.4) is 0 Å². The largest absolute Gasteiger partial charge is 0.359 e. The van der Waals surface area contributed by atoms with Crippen LogP contribution in [0.1, 0.15) is 22.5 Å². The molecule has 7 heteroatoms. The minimum absolute atomic E-state index is 0.134. The molecule has 0 aliphatic carbocycles. The molecule has 1 aliphatic heterocycles. The van der Waals surface area contributed by atoms with Crippen molar-refractivity contribution in [3.8, 4) is 11.1 Å². The van der Waals surface area contributed by atoms with Gasteiger partial charge in [0.25, 0.3) is 5.91 Å². The van der Waals surface area contributed by atoms with Crippen LogP contribution < -0.4 is 5.32 Å². The molecule has 6 nitrogen and oxygen atoms in total. The van der Waals surface area contributed by atoms with Crippen LogP contribution in [0.4, 0.5) is 4.39 Å². The van der Waals surface area contributed by atoms with E-state index in [0.717, 1.165) is 11.1 Å². The maximum absolute atomic E-state index is 14.5. The van der Waals surface area contributed by atoms with Gasteiger partial charge in [0, 0.05) is 38.1 Å². The summed E-state index contributed by atoms with van der Waals surface area (Å²) < 4.78 is 14.5. The molecule has 158 valence electrons. The lowest BCUT2D eigenvalue weighted by atomic mass is 9.78. The third kappa shape index (κ3) is 4.03. The SMILES string of the molecule is CNC(=O)[C@]1(Cc2ccccc2-c2ccccc2F)CCN(C(=O)c2cnccn2)C1. The number of benzene rings is 2. The Morgan fingerprint density at radius 3 is 2.55 bits per heavy atom. The Bertz CT molecular complexity index is 1110. The van der Waals surface area contributed by atoms with Crippen LogP contribution in [0, 0.1) is 11.2 Å². The van der Waals surface area contributed by atoms with Gasteiger partial charge in [0.1, 0.15) is 11.5 Å². The van der Waals surface area contributed by atoms with E-state index in [4.69, 9.17) is 0 Å². The number of carbonyl (C=O) groups is 2. The lowest BCUT2D eigenvalue weighted by Gasteiger charge is -2.28. The van der Waals surface area contributed by atoms with E-state index in [1.165, 1.54) is 24.7 Å². The Morgan fingerprint density at radius 1 is 1.10 bits per heavy atom. The quantitative estimate of drug-likeness (QED) is 0.691. The molecule has 1 atom stereocenters. The second-order valence-electron chi connectivity index (χ2n) is 7.74. The van der Waals surface area contributed by atoms with Gasteiger partial charge in [-0.3, -0.25) is 14.6 Å². The topological polar surface area (TPSA) is 75.2 Å². The smallest absolute Gasteiger partial charge is 0.274 e. The summed E-state index contributed by atoms with van der Waals surface area (Å²) in [7, 11) is 1.60. The molecule has 0 saturated carbocycles. The van der Waals surface area contributed by atoms with E-state index in [9.17, 15) is 14.0 Å². The predicted octanol–water partition coefficient (Wildman–Crippen LogP) is 3.10. The lowest BCUT2D eigenvalue weighted by molar-refractivity contribution is -0.129. The Labute approximate surface area is 180 Å². The first-order chi connectivity index (χ1) is 15.0. The van der Waals surface area contributed by atoms with Crippen molar-refractivity contribution in [2.24, 2.45) is 5.41 Å². The molecular weight excluding hydrogens is 395 g/mol. The summed E-state index contributed by atoms with van der Waals surface area (Å²) in [5, 5.41) is 2.76. The van der Waals surface area contributed by atoms with Crippen molar-refractivity contribution in [2.45, 2.75) is 12.8 Å². The summed E-state index contributed by atoms with van der Waals surface area (Å²) in [5.74, 6) is -0.693. The summed E-state index contributed by atoms with van der Waals surface area (Å²) in [5.41, 5.74) is 1.55. The number of halogens is 1. The maximum Gasteiger partial charge on any atom is 0.274 e. The average molecular weight is 418 g/mol. The highest BCUT2D eigenvalue weighted by molar-refractivity contribution is 5.93. The molecule has 1 saturated heterocycles. The van der Waals surface area contributed by atoms with E-state index in [1.807, 2.05) is 24.3 Å². The van der Waals surface area contributed by atoms with Crippen LogP contribution in [0.2, 0.25) is 0 Å². The van der Waals surface area contributed by atoms with Gasteiger partial charge >= 0.3 is 0 Å². The fourth-order valence-corrected chi connectivity index (χ4v) is 4.27. The molecule has 2 aromatic carbocycles. The molecule has 0 spiro atoms. The Kier molecular flexibility index (Phi) is 5.75. The van der Waals surface area contributed by atoms with Crippen LogP contribution >= 0.6 is 0 Å². The zero-order valence-electron chi connectivity index (χ0n) is 17.2. The number of likely N-dealkylation sites (tertiary alicyclic amines) is 1. The minimum atomic E-state index is -0.812. The van der Waals surface area contributed by atoms with E-state index in [2.05, 4.69) is 15.3 Å². The van der Waals surface area contributed by atoms with Crippen LogP contribution in [-0.4, -0.2) is 46.8 Å². The van der Waals surface area contributed by atoms with Crippen molar-refractivity contribution < 1.29 is 14.0 Å². The zero-order valence-corrected chi connectivity index (χ0v) is 17.2. The van der Waals surface area contributed by atoms with Gasteiger partial charge in [0.2, 0.25) is 5.91 Å². The Balaban J connectivity index is 1.66. The first-order valence-electron chi connectivity index (χ1n) is 10.1. The maximum atomic E-state index is 14.5. The number of aromatic nitrogens is 2. The summed E-state index contributed by atoms with van der Waals surface area (Å²) in [6.07, 6.45) is 5.30. The molecule has 1 N–H and O–H groups in total. The van der Waals surface area contributed by atoms with Gasteiger partial charge in [0.05, 0.1) is 11.6 Å².